The van der Waals surface area contributed by atoms with E-state index in [1.807, 2.05) is 31.2 Å². The van der Waals surface area contributed by atoms with E-state index >= 15 is 0 Å². The lowest BCUT2D eigenvalue weighted by molar-refractivity contribution is 0.0769. The molecule has 0 aliphatic rings. The van der Waals surface area contributed by atoms with E-state index in [2.05, 4.69) is 17.1 Å². The number of aryl methyl sites for hydroxylation is 1. The molecule has 0 saturated carbocycles. The Kier molecular flexibility index (Phi) is 5.86. The van der Waals surface area contributed by atoms with Crippen molar-refractivity contribution in [3.63, 3.8) is 0 Å². The van der Waals surface area contributed by atoms with Gasteiger partial charge in [-0.15, -0.1) is 0 Å². The Labute approximate surface area is 158 Å². The second kappa shape index (κ2) is 8.49. The van der Waals surface area contributed by atoms with Crippen LogP contribution in [0.1, 0.15) is 35.2 Å². The van der Waals surface area contributed by atoms with Gasteiger partial charge in [-0.05, 0) is 37.6 Å². The highest BCUT2D eigenvalue weighted by Crippen LogP contribution is 2.18. The molecule has 0 aliphatic heterocycles. The molecule has 3 aromatic rings. The van der Waals surface area contributed by atoms with Crippen LogP contribution >= 0.6 is 0 Å². The number of benzene rings is 2. The average Bonchev–Trinajstić information content (AvgIpc) is 3.15. The van der Waals surface area contributed by atoms with Gasteiger partial charge in [-0.2, -0.15) is 4.98 Å². The van der Waals surface area contributed by atoms with E-state index in [4.69, 9.17) is 9.26 Å². The molecule has 2 aromatic carbocycles. The van der Waals surface area contributed by atoms with Gasteiger partial charge in [0.05, 0.1) is 13.2 Å². The Morgan fingerprint density at radius 1 is 1.11 bits per heavy atom. The van der Waals surface area contributed by atoms with Gasteiger partial charge in [0.15, 0.2) is 0 Å². The van der Waals surface area contributed by atoms with Gasteiger partial charge in [0, 0.05) is 18.2 Å². The number of ether oxygens (including phenoxy) is 1. The van der Waals surface area contributed by atoms with Crippen LogP contribution in [0.2, 0.25) is 0 Å². The van der Waals surface area contributed by atoms with Crippen LogP contribution in [0.4, 0.5) is 0 Å². The first-order valence-electron chi connectivity index (χ1n) is 8.94. The predicted molar refractivity (Wildman–Crippen MR) is 102 cm³/mol. The molecular weight excluding hydrogens is 342 g/mol. The van der Waals surface area contributed by atoms with Gasteiger partial charge >= 0.3 is 0 Å². The third kappa shape index (κ3) is 4.73. The summed E-state index contributed by atoms with van der Waals surface area (Å²) in [5, 5.41) is 4.00. The monoisotopic (exact) mass is 365 g/mol. The molecule has 0 N–H and O–H groups in total. The van der Waals surface area contributed by atoms with E-state index in [0.717, 1.165) is 17.7 Å². The molecular formula is C21H23N3O3. The topological polar surface area (TPSA) is 68.5 Å². The summed E-state index contributed by atoms with van der Waals surface area (Å²) < 4.78 is 10.8. The summed E-state index contributed by atoms with van der Waals surface area (Å²) in [6, 6.07) is 15.0. The van der Waals surface area contributed by atoms with Crippen LogP contribution < -0.4 is 4.74 Å². The van der Waals surface area contributed by atoms with E-state index in [-0.39, 0.29) is 12.5 Å². The molecule has 0 saturated heterocycles. The molecule has 140 valence electrons. The Morgan fingerprint density at radius 2 is 1.81 bits per heavy atom. The zero-order chi connectivity index (χ0) is 19.2. The molecule has 1 heterocycles. The van der Waals surface area contributed by atoms with Gasteiger partial charge < -0.3 is 14.2 Å². The number of aromatic nitrogens is 2. The number of nitrogens with zero attached hydrogens (tertiary/aromatic N) is 3. The summed E-state index contributed by atoms with van der Waals surface area (Å²) in [6.07, 6.45) is 0.943. The molecule has 1 amide bonds. The second-order valence-electron chi connectivity index (χ2n) is 6.41. The predicted octanol–water partition coefficient (Wildman–Crippen LogP) is 4.11. The van der Waals surface area contributed by atoms with E-state index < -0.39 is 0 Å². The lowest BCUT2D eigenvalue weighted by atomic mass is 10.1. The highest BCUT2D eigenvalue weighted by Gasteiger charge is 2.16. The van der Waals surface area contributed by atoms with Crippen LogP contribution in [-0.2, 0) is 6.54 Å². The molecule has 0 aliphatic carbocycles. The number of hydrogen-bond acceptors (Lipinski definition) is 5. The summed E-state index contributed by atoms with van der Waals surface area (Å²) in [7, 11) is 1.71. The molecule has 6 heteroatoms. The minimum absolute atomic E-state index is 0.118. The highest BCUT2D eigenvalue weighted by molar-refractivity contribution is 5.94. The summed E-state index contributed by atoms with van der Waals surface area (Å²) in [5.74, 6) is 1.55. The van der Waals surface area contributed by atoms with Gasteiger partial charge in [0.25, 0.3) is 5.91 Å². The van der Waals surface area contributed by atoms with Gasteiger partial charge in [-0.25, -0.2) is 0 Å². The summed E-state index contributed by atoms with van der Waals surface area (Å²) >= 11 is 0. The van der Waals surface area contributed by atoms with Gasteiger partial charge in [-0.3, -0.25) is 4.79 Å². The highest BCUT2D eigenvalue weighted by atomic mass is 16.5. The Morgan fingerprint density at radius 3 is 2.48 bits per heavy atom. The Hall–Kier alpha value is -3.15. The molecule has 3 rings (SSSR count). The zero-order valence-corrected chi connectivity index (χ0v) is 15.8. The first kappa shape index (κ1) is 18.6. The van der Waals surface area contributed by atoms with Gasteiger partial charge in [-0.1, -0.05) is 41.9 Å². The first-order chi connectivity index (χ1) is 13.1. The van der Waals surface area contributed by atoms with Crippen molar-refractivity contribution in [2.75, 3.05) is 13.7 Å². The van der Waals surface area contributed by atoms with Gasteiger partial charge in [0.1, 0.15) is 5.75 Å². The van der Waals surface area contributed by atoms with E-state index in [1.165, 1.54) is 5.56 Å². The summed E-state index contributed by atoms with van der Waals surface area (Å²) in [5.41, 5.74) is 2.63. The fourth-order valence-corrected chi connectivity index (χ4v) is 2.55. The number of rotatable bonds is 7. The third-order valence-corrected chi connectivity index (χ3v) is 4.07. The maximum Gasteiger partial charge on any atom is 0.254 e. The lowest BCUT2D eigenvalue weighted by Gasteiger charge is -2.15. The van der Waals surface area contributed by atoms with Crippen molar-refractivity contribution >= 4 is 5.91 Å². The Bertz CT molecular complexity index is 886. The fourth-order valence-electron chi connectivity index (χ4n) is 2.55. The summed E-state index contributed by atoms with van der Waals surface area (Å²) in [4.78, 5) is 18.5. The normalized spacial score (nSPS) is 10.6. The first-order valence-corrected chi connectivity index (χ1v) is 8.94. The van der Waals surface area contributed by atoms with Crippen molar-refractivity contribution in [3.8, 4) is 17.1 Å². The number of carbonyl (C=O) groups is 1. The molecule has 1 aromatic heterocycles. The molecule has 6 nitrogen and oxygen atoms in total. The minimum Gasteiger partial charge on any atom is -0.494 e. The molecule has 0 atom stereocenters. The van der Waals surface area contributed by atoms with Crippen molar-refractivity contribution in [3.05, 3.63) is 65.5 Å². The maximum absolute atomic E-state index is 12.6. The molecule has 27 heavy (non-hydrogen) atoms. The number of hydrogen-bond donors (Lipinski definition) is 0. The van der Waals surface area contributed by atoms with Crippen LogP contribution in [0.15, 0.2) is 53.1 Å². The lowest BCUT2D eigenvalue weighted by Crippen LogP contribution is -2.26. The largest absolute Gasteiger partial charge is 0.494 e. The maximum atomic E-state index is 12.6. The van der Waals surface area contributed by atoms with Crippen LogP contribution in [-0.4, -0.2) is 34.6 Å². The molecule has 0 unspecified atom stereocenters. The summed E-state index contributed by atoms with van der Waals surface area (Å²) in [6.45, 7) is 4.97. The molecule has 0 fully saturated rings. The van der Waals surface area contributed by atoms with Crippen molar-refractivity contribution in [2.45, 2.75) is 26.8 Å². The quantitative estimate of drug-likeness (QED) is 0.630. The average molecular weight is 365 g/mol. The standard InChI is InChI=1S/C21H23N3O3/c1-4-13-26-18-11-9-17(10-12-18)21(25)24(3)14-19-22-20(23-27-19)16-7-5-15(2)6-8-16/h5-12H,4,13-14H2,1-3H3. The van der Waals surface area contributed by atoms with Gasteiger partial charge in [0.2, 0.25) is 11.7 Å². The van der Waals surface area contributed by atoms with E-state index in [9.17, 15) is 4.79 Å². The minimum atomic E-state index is -0.118. The third-order valence-electron chi connectivity index (χ3n) is 4.07. The van der Waals surface area contributed by atoms with Crippen LogP contribution in [0.3, 0.4) is 0 Å². The van der Waals surface area contributed by atoms with Crippen LogP contribution in [0.25, 0.3) is 11.4 Å². The second-order valence-corrected chi connectivity index (χ2v) is 6.41. The molecule has 0 bridgehead atoms. The van der Waals surface area contributed by atoms with Crippen molar-refractivity contribution in [1.29, 1.82) is 0 Å². The smallest absolute Gasteiger partial charge is 0.254 e. The van der Waals surface area contributed by atoms with Crippen LogP contribution in [0, 0.1) is 6.92 Å². The fraction of sp³-hybridized carbons (Fsp3) is 0.286. The van der Waals surface area contributed by atoms with E-state index in [1.54, 1.807) is 36.2 Å². The zero-order valence-electron chi connectivity index (χ0n) is 15.8. The van der Waals surface area contributed by atoms with Crippen LogP contribution in [0.5, 0.6) is 5.75 Å². The van der Waals surface area contributed by atoms with E-state index in [0.29, 0.717) is 23.9 Å². The van der Waals surface area contributed by atoms with Crippen molar-refractivity contribution < 1.29 is 14.1 Å². The number of carbonyl (C=O) groups excluding carboxylic acids is 1. The molecule has 0 spiro atoms. The SMILES string of the molecule is CCCOc1ccc(C(=O)N(C)Cc2nc(-c3ccc(C)cc3)no2)cc1. The van der Waals surface area contributed by atoms with Crippen molar-refractivity contribution in [1.82, 2.24) is 15.0 Å². The van der Waals surface area contributed by atoms with Crippen molar-refractivity contribution in [2.24, 2.45) is 0 Å². The Balaban J connectivity index is 1.63. The molecule has 0 radical (unpaired) electrons. The number of amides is 1.